The molecule has 0 heterocycles. The van der Waals surface area contributed by atoms with Crippen molar-refractivity contribution in [2.24, 2.45) is 10.9 Å². The van der Waals surface area contributed by atoms with Crippen molar-refractivity contribution in [2.45, 2.75) is 20.3 Å². The highest BCUT2D eigenvalue weighted by atomic mass is 16.5. The van der Waals surface area contributed by atoms with E-state index < -0.39 is 0 Å². The van der Waals surface area contributed by atoms with E-state index in [2.05, 4.69) is 31.6 Å². The molecule has 0 saturated heterocycles. The number of aliphatic imine (C=N–C) groups is 1. The van der Waals surface area contributed by atoms with E-state index in [9.17, 15) is 0 Å². The van der Waals surface area contributed by atoms with Crippen molar-refractivity contribution in [1.82, 2.24) is 0 Å². The maximum absolute atomic E-state index is 5.22. The molecule has 0 bridgehead atoms. The van der Waals surface area contributed by atoms with Gasteiger partial charge in [0.25, 0.3) is 0 Å². The molecule has 1 aromatic carbocycles. The molecule has 0 aromatic heterocycles. The Morgan fingerprint density at radius 1 is 1.43 bits per heavy atom. The van der Waals surface area contributed by atoms with E-state index in [1.54, 1.807) is 7.11 Å². The van der Waals surface area contributed by atoms with E-state index in [1.165, 1.54) is 5.56 Å². The number of methoxy groups -OCH3 is 1. The third-order valence-electron chi connectivity index (χ3n) is 2.06. The Balaban J connectivity index is 2.95. The summed E-state index contributed by atoms with van der Waals surface area (Å²) in [5.74, 6) is 1.46. The van der Waals surface area contributed by atoms with Gasteiger partial charge in [0.1, 0.15) is 11.4 Å². The fourth-order valence-electron chi connectivity index (χ4n) is 1.45. The van der Waals surface area contributed by atoms with Crippen LogP contribution in [0.3, 0.4) is 0 Å². The summed E-state index contributed by atoms with van der Waals surface area (Å²) in [6.45, 7) is 7.90. The molecule has 0 N–H and O–H groups in total. The average molecular weight is 191 g/mol. The second-order valence-corrected chi connectivity index (χ2v) is 3.76. The molecule has 76 valence electrons. The Morgan fingerprint density at radius 2 is 2.14 bits per heavy atom. The average Bonchev–Trinajstić information content (AvgIpc) is 2.16. The van der Waals surface area contributed by atoms with Crippen molar-refractivity contribution >= 4 is 12.4 Å². The number of nitrogens with zero attached hydrogens (tertiary/aromatic N) is 1. The predicted octanol–water partition coefficient (Wildman–Crippen LogP) is 3.23. The molecule has 0 aliphatic heterocycles. The van der Waals surface area contributed by atoms with Gasteiger partial charge in [-0.05, 0) is 36.8 Å². The Bertz CT molecular complexity index is 318. The third-order valence-corrected chi connectivity index (χ3v) is 2.06. The molecular formula is C12H17NO. The fourth-order valence-corrected chi connectivity index (χ4v) is 1.45. The zero-order valence-electron chi connectivity index (χ0n) is 9.08. The first-order valence-electron chi connectivity index (χ1n) is 4.81. The number of hydrogen-bond acceptors (Lipinski definition) is 2. The summed E-state index contributed by atoms with van der Waals surface area (Å²) < 4.78 is 5.22. The van der Waals surface area contributed by atoms with E-state index in [0.717, 1.165) is 17.9 Å². The lowest BCUT2D eigenvalue weighted by Gasteiger charge is -2.08. The Kier molecular flexibility index (Phi) is 3.69. The molecule has 0 radical (unpaired) electrons. The van der Waals surface area contributed by atoms with Crippen LogP contribution in [0.25, 0.3) is 0 Å². The molecule has 0 aliphatic rings. The van der Waals surface area contributed by atoms with Gasteiger partial charge in [-0.2, -0.15) is 0 Å². The first-order valence-corrected chi connectivity index (χ1v) is 4.81. The van der Waals surface area contributed by atoms with Crippen LogP contribution in [0.2, 0.25) is 0 Å². The van der Waals surface area contributed by atoms with Crippen LogP contribution in [0.15, 0.2) is 23.2 Å². The molecule has 0 amide bonds. The first-order chi connectivity index (χ1) is 6.67. The standard InChI is InChI=1S/C12H17NO/c1-9(2)7-10-5-6-11(13-3)12(8-10)14-4/h5-6,8-9H,3,7H2,1-2,4H3. The van der Waals surface area contributed by atoms with Crippen molar-refractivity contribution in [1.29, 1.82) is 0 Å². The minimum absolute atomic E-state index is 0.655. The van der Waals surface area contributed by atoms with Gasteiger partial charge in [-0.3, -0.25) is 4.99 Å². The van der Waals surface area contributed by atoms with E-state index in [-0.39, 0.29) is 0 Å². The first kappa shape index (κ1) is 10.8. The normalized spacial score (nSPS) is 10.3. The molecule has 0 fully saturated rings. The van der Waals surface area contributed by atoms with Gasteiger partial charge >= 0.3 is 0 Å². The second-order valence-electron chi connectivity index (χ2n) is 3.76. The SMILES string of the molecule is C=Nc1ccc(CC(C)C)cc1OC. The van der Waals surface area contributed by atoms with Crippen molar-refractivity contribution in [3.63, 3.8) is 0 Å². The molecule has 0 spiro atoms. The predicted molar refractivity (Wildman–Crippen MR) is 60.7 cm³/mol. The Labute approximate surface area is 85.6 Å². The van der Waals surface area contributed by atoms with Crippen molar-refractivity contribution < 1.29 is 4.74 Å². The quantitative estimate of drug-likeness (QED) is 0.669. The van der Waals surface area contributed by atoms with Gasteiger partial charge in [0.05, 0.1) is 7.11 Å². The molecule has 1 rings (SSSR count). The van der Waals surface area contributed by atoms with Gasteiger partial charge in [-0.25, -0.2) is 0 Å². The molecule has 1 aromatic rings. The minimum Gasteiger partial charge on any atom is -0.494 e. The van der Waals surface area contributed by atoms with Crippen LogP contribution in [-0.2, 0) is 6.42 Å². The van der Waals surface area contributed by atoms with E-state index >= 15 is 0 Å². The number of hydrogen-bond donors (Lipinski definition) is 0. The van der Waals surface area contributed by atoms with Crippen molar-refractivity contribution in [3.05, 3.63) is 23.8 Å². The zero-order chi connectivity index (χ0) is 10.6. The lowest BCUT2D eigenvalue weighted by atomic mass is 10.0. The van der Waals surface area contributed by atoms with Gasteiger partial charge in [0, 0.05) is 0 Å². The summed E-state index contributed by atoms with van der Waals surface area (Å²) in [5, 5.41) is 0. The lowest BCUT2D eigenvalue weighted by molar-refractivity contribution is 0.415. The molecule has 0 atom stereocenters. The minimum atomic E-state index is 0.655. The van der Waals surface area contributed by atoms with Crippen LogP contribution in [0, 0.1) is 5.92 Å². The number of benzene rings is 1. The highest BCUT2D eigenvalue weighted by Crippen LogP contribution is 2.28. The molecule has 0 saturated carbocycles. The smallest absolute Gasteiger partial charge is 0.144 e. The summed E-state index contributed by atoms with van der Waals surface area (Å²) in [5.41, 5.74) is 2.09. The largest absolute Gasteiger partial charge is 0.494 e. The monoisotopic (exact) mass is 191 g/mol. The van der Waals surface area contributed by atoms with Gasteiger partial charge < -0.3 is 4.74 Å². The van der Waals surface area contributed by atoms with Crippen LogP contribution in [0.5, 0.6) is 5.75 Å². The summed E-state index contributed by atoms with van der Waals surface area (Å²) >= 11 is 0. The maximum atomic E-state index is 5.22. The van der Waals surface area contributed by atoms with Crippen LogP contribution in [-0.4, -0.2) is 13.8 Å². The molecule has 2 heteroatoms. The number of rotatable bonds is 4. The highest BCUT2D eigenvalue weighted by Gasteiger charge is 2.03. The van der Waals surface area contributed by atoms with Gasteiger partial charge in [-0.1, -0.05) is 19.9 Å². The zero-order valence-corrected chi connectivity index (χ0v) is 9.08. The molecule has 0 aliphatic carbocycles. The van der Waals surface area contributed by atoms with E-state index in [4.69, 9.17) is 4.74 Å². The second kappa shape index (κ2) is 4.80. The fraction of sp³-hybridized carbons (Fsp3) is 0.417. The summed E-state index contributed by atoms with van der Waals surface area (Å²) in [7, 11) is 1.66. The summed E-state index contributed by atoms with van der Waals surface area (Å²) in [6, 6.07) is 6.06. The lowest BCUT2D eigenvalue weighted by Crippen LogP contribution is -1.94. The van der Waals surface area contributed by atoms with E-state index in [1.807, 2.05) is 12.1 Å². The number of ether oxygens (including phenoxy) is 1. The summed E-state index contributed by atoms with van der Waals surface area (Å²) in [6.07, 6.45) is 1.06. The van der Waals surface area contributed by atoms with Gasteiger partial charge in [-0.15, -0.1) is 0 Å². The third kappa shape index (κ3) is 2.59. The molecular weight excluding hydrogens is 174 g/mol. The van der Waals surface area contributed by atoms with E-state index in [0.29, 0.717) is 5.92 Å². The van der Waals surface area contributed by atoms with Crippen LogP contribution in [0.1, 0.15) is 19.4 Å². The Morgan fingerprint density at radius 3 is 2.64 bits per heavy atom. The van der Waals surface area contributed by atoms with Crippen LogP contribution in [0.4, 0.5) is 5.69 Å². The topological polar surface area (TPSA) is 21.6 Å². The molecule has 14 heavy (non-hydrogen) atoms. The highest BCUT2D eigenvalue weighted by molar-refractivity contribution is 5.57. The van der Waals surface area contributed by atoms with Crippen LogP contribution < -0.4 is 4.74 Å². The Hall–Kier alpha value is -1.31. The van der Waals surface area contributed by atoms with Crippen molar-refractivity contribution in [3.8, 4) is 5.75 Å². The van der Waals surface area contributed by atoms with Crippen molar-refractivity contribution in [2.75, 3.05) is 7.11 Å². The van der Waals surface area contributed by atoms with Gasteiger partial charge in [0.15, 0.2) is 0 Å². The maximum Gasteiger partial charge on any atom is 0.144 e. The molecule has 0 unspecified atom stereocenters. The van der Waals surface area contributed by atoms with Gasteiger partial charge in [0.2, 0.25) is 0 Å². The molecule has 2 nitrogen and oxygen atoms in total. The summed E-state index contributed by atoms with van der Waals surface area (Å²) in [4.78, 5) is 3.89. The van der Waals surface area contributed by atoms with Crippen LogP contribution >= 0.6 is 0 Å².